The van der Waals surface area contributed by atoms with E-state index in [0.29, 0.717) is 23.8 Å². The van der Waals surface area contributed by atoms with Crippen LogP contribution in [0.3, 0.4) is 0 Å². The summed E-state index contributed by atoms with van der Waals surface area (Å²) in [5, 5.41) is 0.378. The topological polar surface area (TPSA) is 55.4 Å². The van der Waals surface area contributed by atoms with Gasteiger partial charge in [0.1, 0.15) is 0 Å². The average Bonchev–Trinajstić information content (AvgIpc) is 2.37. The highest BCUT2D eigenvalue weighted by Crippen LogP contribution is 2.11. The Kier molecular flexibility index (Phi) is 5.71. The van der Waals surface area contributed by atoms with Crippen LogP contribution in [0.1, 0.15) is 25.8 Å². The zero-order valence-corrected chi connectivity index (χ0v) is 12.1. The van der Waals surface area contributed by atoms with Gasteiger partial charge in [-0.2, -0.15) is 0 Å². The van der Waals surface area contributed by atoms with Crippen molar-refractivity contribution in [3.63, 3.8) is 0 Å². The van der Waals surface area contributed by atoms with Gasteiger partial charge >= 0.3 is 0 Å². The van der Waals surface area contributed by atoms with Crippen LogP contribution in [0.15, 0.2) is 29.2 Å². The SMILES string of the molecule is CCCNS(=O)(=O)c1ccc(C(=S)OCC)cc1. The van der Waals surface area contributed by atoms with E-state index >= 15 is 0 Å². The molecule has 0 saturated carbocycles. The molecule has 1 aromatic rings. The summed E-state index contributed by atoms with van der Waals surface area (Å²) in [4.78, 5) is 0.235. The van der Waals surface area contributed by atoms with Crippen LogP contribution in [0.2, 0.25) is 0 Å². The fourth-order valence-electron chi connectivity index (χ4n) is 1.30. The van der Waals surface area contributed by atoms with Gasteiger partial charge in [-0.3, -0.25) is 0 Å². The molecule has 0 saturated heterocycles. The molecule has 0 aliphatic carbocycles. The van der Waals surface area contributed by atoms with Gasteiger partial charge in [0, 0.05) is 12.1 Å². The molecule has 1 aromatic carbocycles. The summed E-state index contributed by atoms with van der Waals surface area (Å²) >= 11 is 5.04. The molecule has 1 N–H and O–H groups in total. The van der Waals surface area contributed by atoms with E-state index in [1.54, 1.807) is 12.1 Å². The van der Waals surface area contributed by atoms with Gasteiger partial charge in [-0.25, -0.2) is 13.1 Å². The molecule has 1 rings (SSSR count). The Labute approximate surface area is 113 Å². The molecule has 18 heavy (non-hydrogen) atoms. The summed E-state index contributed by atoms with van der Waals surface area (Å²) in [7, 11) is -3.41. The first-order valence-electron chi connectivity index (χ1n) is 5.78. The average molecular weight is 287 g/mol. The van der Waals surface area contributed by atoms with Crippen molar-refractivity contribution < 1.29 is 13.2 Å². The minimum atomic E-state index is -3.41. The summed E-state index contributed by atoms with van der Waals surface area (Å²) in [6.07, 6.45) is 0.756. The Hall–Kier alpha value is -0.980. The second-order valence-corrected chi connectivity index (χ2v) is 5.78. The highest BCUT2D eigenvalue weighted by Gasteiger charge is 2.13. The van der Waals surface area contributed by atoms with Gasteiger partial charge in [-0.15, -0.1) is 0 Å². The molecule has 0 fully saturated rings. The smallest absolute Gasteiger partial charge is 0.240 e. The monoisotopic (exact) mass is 287 g/mol. The third-order valence-electron chi connectivity index (χ3n) is 2.22. The molecule has 0 amide bonds. The summed E-state index contributed by atoms with van der Waals surface area (Å²) in [6, 6.07) is 6.36. The molecule has 0 unspecified atom stereocenters. The van der Waals surface area contributed by atoms with Gasteiger partial charge in [-0.05, 0) is 49.8 Å². The Balaban J connectivity index is 2.85. The van der Waals surface area contributed by atoms with Crippen molar-refractivity contribution in [1.29, 1.82) is 0 Å². The lowest BCUT2D eigenvalue weighted by Crippen LogP contribution is -2.24. The molecule has 0 aromatic heterocycles. The van der Waals surface area contributed by atoms with Crippen molar-refractivity contribution in [2.75, 3.05) is 13.2 Å². The molecule has 0 radical (unpaired) electrons. The van der Waals surface area contributed by atoms with E-state index in [9.17, 15) is 8.42 Å². The second-order valence-electron chi connectivity index (χ2n) is 3.64. The molecule has 0 bridgehead atoms. The minimum absolute atomic E-state index is 0.235. The number of hydrogen-bond acceptors (Lipinski definition) is 4. The lowest BCUT2D eigenvalue weighted by Gasteiger charge is -2.07. The van der Waals surface area contributed by atoms with Crippen LogP contribution in [0.4, 0.5) is 0 Å². The fraction of sp³-hybridized carbons (Fsp3) is 0.417. The number of hydrogen-bond donors (Lipinski definition) is 1. The Bertz CT molecular complexity index is 495. The highest BCUT2D eigenvalue weighted by atomic mass is 32.2. The first-order chi connectivity index (χ1) is 8.51. The van der Waals surface area contributed by atoms with Crippen molar-refractivity contribution >= 4 is 27.3 Å². The quantitative estimate of drug-likeness (QED) is 0.814. The van der Waals surface area contributed by atoms with E-state index in [4.69, 9.17) is 17.0 Å². The van der Waals surface area contributed by atoms with E-state index < -0.39 is 10.0 Å². The van der Waals surface area contributed by atoms with Crippen LogP contribution in [0.5, 0.6) is 0 Å². The van der Waals surface area contributed by atoms with E-state index in [-0.39, 0.29) is 4.90 Å². The maximum Gasteiger partial charge on any atom is 0.240 e. The van der Waals surface area contributed by atoms with Crippen LogP contribution in [-0.4, -0.2) is 26.6 Å². The van der Waals surface area contributed by atoms with E-state index in [1.165, 1.54) is 12.1 Å². The largest absolute Gasteiger partial charge is 0.483 e. The molecule has 0 heterocycles. The lowest BCUT2D eigenvalue weighted by molar-refractivity contribution is 0.337. The van der Waals surface area contributed by atoms with E-state index in [2.05, 4.69) is 4.72 Å². The van der Waals surface area contributed by atoms with Crippen LogP contribution in [0.25, 0.3) is 0 Å². The third-order valence-corrected chi connectivity index (χ3v) is 4.05. The first-order valence-corrected chi connectivity index (χ1v) is 7.67. The van der Waals surface area contributed by atoms with Crippen LogP contribution < -0.4 is 4.72 Å². The Morgan fingerprint density at radius 3 is 2.39 bits per heavy atom. The fourth-order valence-corrected chi connectivity index (χ4v) is 2.69. The molecule has 0 spiro atoms. The van der Waals surface area contributed by atoms with Gasteiger partial charge < -0.3 is 4.74 Å². The summed E-state index contributed by atoms with van der Waals surface area (Å²) in [5.41, 5.74) is 0.710. The minimum Gasteiger partial charge on any atom is -0.483 e. The van der Waals surface area contributed by atoms with Crippen molar-refractivity contribution in [3.8, 4) is 0 Å². The Morgan fingerprint density at radius 1 is 1.28 bits per heavy atom. The number of sulfonamides is 1. The predicted octanol–water partition coefficient (Wildman–Crippen LogP) is 2.09. The second kappa shape index (κ2) is 6.82. The van der Waals surface area contributed by atoms with Crippen LogP contribution in [-0.2, 0) is 14.8 Å². The third kappa shape index (κ3) is 4.04. The predicted molar refractivity (Wildman–Crippen MR) is 75.2 cm³/mol. The number of nitrogens with one attached hydrogen (secondary N) is 1. The number of thiocarbonyl (C=S) groups is 1. The molecular formula is C12H17NO3S2. The van der Waals surface area contributed by atoms with Crippen molar-refractivity contribution in [3.05, 3.63) is 29.8 Å². The molecule has 100 valence electrons. The molecule has 6 heteroatoms. The summed E-state index contributed by atoms with van der Waals surface area (Å²) in [5.74, 6) is 0. The van der Waals surface area contributed by atoms with Crippen LogP contribution in [0, 0.1) is 0 Å². The summed E-state index contributed by atoms with van der Waals surface area (Å²) in [6.45, 7) is 4.68. The van der Waals surface area contributed by atoms with Gasteiger partial charge in [0.15, 0.2) is 5.05 Å². The molecule has 4 nitrogen and oxygen atoms in total. The van der Waals surface area contributed by atoms with Crippen LogP contribution >= 0.6 is 12.2 Å². The molecule has 0 atom stereocenters. The van der Waals surface area contributed by atoms with Crippen molar-refractivity contribution in [2.24, 2.45) is 0 Å². The van der Waals surface area contributed by atoms with Gasteiger partial charge in [0.25, 0.3) is 0 Å². The molecule has 0 aliphatic heterocycles. The summed E-state index contributed by atoms with van der Waals surface area (Å²) < 4.78 is 31.3. The maximum absolute atomic E-state index is 11.8. The van der Waals surface area contributed by atoms with Crippen molar-refractivity contribution in [2.45, 2.75) is 25.2 Å². The zero-order chi connectivity index (χ0) is 13.6. The first kappa shape index (κ1) is 15.1. The molecular weight excluding hydrogens is 270 g/mol. The van der Waals surface area contributed by atoms with E-state index in [1.807, 2.05) is 13.8 Å². The van der Waals surface area contributed by atoms with Gasteiger partial charge in [-0.1, -0.05) is 6.92 Å². The molecule has 0 aliphatic rings. The zero-order valence-electron chi connectivity index (χ0n) is 10.5. The highest BCUT2D eigenvalue weighted by molar-refractivity contribution is 7.89. The lowest BCUT2D eigenvalue weighted by atomic mass is 10.2. The van der Waals surface area contributed by atoms with E-state index in [0.717, 1.165) is 6.42 Å². The standard InChI is InChI=1S/C12H17NO3S2/c1-3-9-13-18(14,15)11-7-5-10(6-8-11)12(17)16-4-2/h5-8,13H,3-4,9H2,1-2H3. The number of rotatable bonds is 6. The maximum atomic E-state index is 11.8. The normalized spacial score (nSPS) is 11.2. The van der Waals surface area contributed by atoms with Crippen molar-refractivity contribution in [1.82, 2.24) is 4.72 Å². The Morgan fingerprint density at radius 2 is 1.89 bits per heavy atom. The number of ether oxygens (including phenoxy) is 1. The van der Waals surface area contributed by atoms with Gasteiger partial charge in [0.2, 0.25) is 10.0 Å². The number of benzene rings is 1. The van der Waals surface area contributed by atoms with Gasteiger partial charge in [0.05, 0.1) is 11.5 Å².